The fourth-order valence-electron chi connectivity index (χ4n) is 5.58. The van der Waals surface area contributed by atoms with Crippen LogP contribution in [-0.4, -0.2) is 34.0 Å². The molecule has 1 aromatic carbocycles. The van der Waals surface area contributed by atoms with Crippen molar-refractivity contribution in [2.75, 3.05) is 0 Å². The predicted octanol–water partition coefficient (Wildman–Crippen LogP) is 5.80. The van der Waals surface area contributed by atoms with Crippen LogP contribution < -0.4 is 5.32 Å². The molecular formula is C25H40N2O. The fourth-order valence-corrected chi connectivity index (χ4v) is 5.58. The second kappa shape index (κ2) is 8.57. The van der Waals surface area contributed by atoms with Gasteiger partial charge in [0.05, 0.1) is 0 Å². The highest BCUT2D eigenvalue weighted by atomic mass is 16.2. The first-order valence-corrected chi connectivity index (χ1v) is 11.5. The van der Waals surface area contributed by atoms with E-state index in [2.05, 4.69) is 44.8 Å². The molecule has 3 nitrogen and oxygen atoms in total. The van der Waals surface area contributed by atoms with Gasteiger partial charge in [-0.15, -0.1) is 0 Å². The first-order chi connectivity index (χ1) is 13.3. The summed E-state index contributed by atoms with van der Waals surface area (Å²) < 4.78 is 0. The molecule has 2 fully saturated rings. The minimum Gasteiger partial charge on any atom is -0.332 e. The number of hydrogen-bond donors (Lipinski definition) is 1. The van der Waals surface area contributed by atoms with Crippen molar-refractivity contribution in [3.8, 4) is 0 Å². The van der Waals surface area contributed by atoms with E-state index >= 15 is 0 Å². The van der Waals surface area contributed by atoms with Gasteiger partial charge in [0, 0.05) is 28.7 Å². The molecule has 1 aromatic rings. The van der Waals surface area contributed by atoms with Crippen LogP contribution >= 0.6 is 0 Å². The van der Waals surface area contributed by atoms with Crippen molar-refractivity contribution in [3.05, 3.63) is 35.9 Å². The van der Waals surface area contributed by atoms with Crippen molar-refractivity contribution < 1.29 is 4.79 Å². The lowest BCUT2D eigenvalue weighted by Gasteiger charge is -2.57. The Morgan fingerprint density at radius 2 is 1.71 bits per heavy atom. The Morgan fingerprint density at radius 1 is 1.07 bits per heavy atom. The van der Waals surface area contributed by atoms with Crippen LogP contribution in [0.1, 0.15) is 96.3 Å². The highest BCUT2D eigenvalue weighted by Gasteiger charge is 2.50. The molecule has 0 radical (unpaired) electrons. The number of carbonyl (C=O) groups excluding carboxylic acids is 1. The normalized spacial score (nSPS) is 34.2. The topological polar surface area (TPSA) is 32.3 Å². The Balaban J connectivity index is 2.01. The van der Waals surface area contributed by atoms with Crippen LogP contribution in [0.4, 0.5) is 0 Å². The second-order valence-electron chi connectivity index (χ2n) is 9.74. The molecular weight excluding hydrogens is 344 g/mol. The fraction of sp³-hybridized carbons (Fsp3) is 0.720. The second-order valence-corrected chi connectivity index (χ2v) is 9.74. The van der Waals surface area contributed by atoms with Crippen LogP contribution in [0.3, 0.4) is 0 Å². The summed E-state index contributed by atoms with van der Waals surface area (Å²) in [6.07, 6.45) is 9.32. The maximum absolute atomic E-state index is 13.8. The molecule has 1 heterocycles. The van der Waals surface area contributed by atoms with Crippen molar-refractivity contribution >= 4 is 5.91 Å². The van der Waals surface area contributed by atoms with Crippen LogP contribution in [0.2, 0.25) is 0 Å². The van der Waals surface area contributed by atoms with Crippen LogP contribution in [0.25, 0.3) is 0 Å². The number of benzene rings is 1. The van der Waals surface area contributed by atoms with Crippen LogP contribution in [0, 0.1) is 5.92 Å². The van der Waals surface area contributed by atoms with E-state index in [0.29, 0.717) is 12.0 Å². The lowest BCUT2D eigenvalue weighted by molar-refractivity contribution is -0.0167. The molecule has 0 aromatic heterocycles. The Kier molecular flexibility index (Phi) is 6.54. The number of amides is 1. The average Bonchev–Trinajstić information content (AvgIpc) is 2.73. The van der Waals surface area contributed by atoms with Gasteiger partial charge >= 0.3 is 0 Å². The third kappa shape index (κ3) is 4.15. The standard InChI is InChI=1S/C25H40N2O/c1-6-24(4)18-22(19(3)25(5,7-2)26-24)27(21-16-12-9-13-17-21)23(28)20-14-10-8-11-15-20/h8,10-11,14-15,19,21-22,26H,6-7,9,12-13,16-18H2,1-5H3. The molecule has 28 heavy (non-hydrogen) atoms. The molecule has 0 spiro atoms. The molecule has 1 aliphatic carbocycles. The molecule has 2 aliphatic rings. The molecule has 1 saturated heterocycles. The van der Waals surface area contributed by atoms with Crippen molar-refractivity contribution in [3.63, 3.8) is 0 Å². The Morgan fingerprint density at radius 3 is 2.29 bits per heavy atom. The van der Waals surface area contributed by atoms with Gasteiger partial charge in [-0.25, -0.2) is 0 Å². The molecule has 3 rings (SSSR count). The molecule has 1 N–H and O–H groups in total. The maximum Gasteiger partial charge on any atom is 0.254 e. The SMILES string of the molecule is CCC1(C)CC(N(C(=O)c2ccccc2)C2CCCCC2)C(C)C(C)(CC)N1. The van der Waals surface area contributed by atoms with E-state index in [0.717, 1.165) is 37.7 Å². The summed E-state index contributed by atoms with van der Waals surface area (Å²) in [4.78, 5) is 16.1. The number of nitrogens with zero attached hydrogens (tertiary/aromatic N) is 1. The van der Waals surface area contributed by atoms with Gasteiger partial charge in [0.15, 0.2) is 0 Å². The van der Waals surface area contributed by atoms with Gasteiger partial charge < -0.3 is 10.2 Å². The van der Waals surface area contributed by atoms with Gasteiger partial charge in [0.2, 0.25) is 0 Å². The number of piperidine rings is 1. The average molecular weight is 385 g/mol. The van der Waals surface area contributed by atoms with E-state index in [1.807, 2.05) is 30.3 Å². The van der Waals surface area contributed by atoms with Gasteiger partial charge in [-0.05, 0) is 64.0 Å². The zero-order chi connectivity index (χ0) is 20.4. The third-order valence-electron chi connectivity index (χ3n) is 7.92. The van der Waals surface area contributed by atoms with E-state index in [1.165, 1.54) is 19.3 Å². The minimum absolute atomic E-state index is 0.0531. The van der Waals surface area contributed by atoms with Crippen molar-refractivity contribution in [1.29, 1.82) is 0 Å². The third-order valence-corrected chi connectivity index (χ3v) is 7.92. The zero-order valence-electron chi connectivity index (χ0n) is 18.6. The molecule has 4 atom stereocenters. The summed E-state index contributed by atoms with van der Waals surface area (Å²) >= 11 is 0. The molecule has 156 valence electrons. The van der Waals surface area contributed by atoms with Crippen molar-refractivity contribution in [2.24, 2.45) is 5.92 Å². The smallest absolute Gasteiger partial charge is 0.254 e. The summed E-state index contributed by atoms with van der Waals surface area (Å²) in [5.74, 6) is 0.662. The van der Waals surface area contributed by atoms with Crippen molar-refractivity contribution in [2.45, 2.75) is 109 Å². The van der Waals surface area contributed by atoms with Gasteiger partial charge in [0.1, 0.15) is 0 Å². The largest absolute Gasteiger partial charge is 0.332 e. The van der Waals surface area contributed by atoms with E-state index in [1.54, 1.807) is 0 Å². The molecule has 1 saturated carbocycles. The number of nitrogens with one attached hydrogen (secondary N) is 1. The Hall–Kier alpha value is -1.35. The zero-order valence-corrected chi connectivity index (χ0v) is 18.6. The van der Waals surface area contributed by atoms with E-state index in [4.69, 9.17) is 0 Å². The summed E-state index contributed by atoms with van der Waals surface area (Å²) in [5, 5.41) is 3.98. The summed E-state index contributed by atoms with van der Waals surface area (Å²) in [5.41, 5.74) is 0.971. The molecule has 0 bridgehead atoms. The van der Waals surface area contributed by atoms with Gasteiger partial charge in [-0.1, -0.05) is 58.2 Å². The molecule has 4 unspecified atom stereocenters. The van der Waals surface area contributed by atoms with Gasteiger partial charge in [-0.2, -0.15) is 0 Å². The number of hydrogen-bond acceptors (Lipinski definition) is 2. The van der Waals surface area contributed by atoms with E-state index in [9.17, 15) is 4.79 Å². The molecule has 3 heteroatoms. The molecule has 1 amide bonds. The van der Waals surface area contributed by atoms with Crippen LogP contribution in [-0.2, 0) is 0 Å². The van der Waals surface area contributed by atoms with Crippen molar-refractivity contribution in [1.82, 2.24) is 10.2 Å². The van der Waals surface area contributed by atoms with E-state index < -0.39 is 0 Å². The molecule has 1 aliphatic heterocycles. The van der Waals surface area contributed by atoms with Crippen LogP contribution in [0.5, 0.6) is 0 Å². The minimum atomic E-state index is 0.0531. The van der Waals surface area contributed by atoms with Gasteiger partial charge in [0.25, 0.3) is 5.91 Å². The number of carbonyl (C=O) groups is 1. The monoisotopic (exact) mass is 384 g/mol. The summed E-state index contributed by atoms with van der Waals surface area (Å²) in [7, 11) is 0. The van der Waals surface area contributed by atoms with Gasteiger partial charge in [-0.3, -0.25) is 4.79 Å². The quantitative estimate of drug-likeness (QED) is 0.696. The first-order valence-electron chi connectivity index (χ1n) is 11.5. The lowest BCUT2D eigenvalue weighted by Crippen LogP contribution is -2.70. The summed E-state index contributed by atoms with van der Waals surface area (Å²) in [6, 6.07) is 10.6. The summed E-state index contributed by atoms with van der Waals surface area (Å²) in [6.45, 7) is 11.6. The van der Waals surface area contributed by atoms with Crippen LogP contribution in [0.15, 0.2) is 30.3 Å². The Labute approximate surface area is 172 Å². The maximum atomic E-state index is 13.8. The highest BCUT2D eigenvalue weighted by Crippen LogP contribution is 2.42. The van der Waals surface area contributed by atoms with E-state index in [-0.39, 0.29) is 23.0 Å². The highest BCUT2D eigenvalue weighted by molar-refractivity contribution is 5.94. The lowest BCUT2D eigenvalue weighted by atomic mass is 9.68. The predicted molar refractivity (Wildman–Crippen MR) is 118 cm³/mol. The first kappa shape index (κ1) is 21.4. The number of rotatable bonds is 5. The Bertz CT molecular complexity index is 654.